The molecule has 7 heteroatoms. The number of amides is 1. The Hall–Kier alpha value is -0.660. The largest absolute Gasteiger partial charge is 0.391 e. The molecule has 39 heavy (non-hydrogen) atoms. The molecule has 0 aliphatic carbocycles. The number of carbonyl (C=O) groups excluding carboxylic acids is 1. The summed E-state index contributed by atoms with van der Waals surface area (Å²) >= 11 is 0. The van der Waals surface area contributed by atoms with E-state index in [9.17, 15) is 22.9 Å². The summed E-state index contributed by atoms with van der Waals surface area (Å²) in [6.45, 7) is 4.41. The van der Waals surface area contributed by atoms with Gasteiger partial charge >= 0.3 is 0 Å². The van der Waals surface area contributed by atoms with Gasteiger partial charge in [0.15, 0.2) is 0 Å². The number of aliphatic hydroxyl groups is 1. The summed E-state index contributed by atoms with van der Waals surface area (Å²) in [6.07, 6.45) is 29.6. The summed E-state index contributed by atoms with van der Waals surface area (Å²) in [6, 6.07) is -0.959. The van der Waals surface area contributed by atoms with Crippen LogP contribution in [0, 0.1) is 0 Å². The molecular formula is C32H65NO5S. The summed E-state index contributed by atoms with van der Waals surface area (Å²) < 4.78 is 32.0. The maximum atomic E-state index is 12.3. The van der Waals surface area contributed by atoms with E-state index in [1.807, 2.05) is 0 Å². The fourth-order valence-electron chi connectivity index (χ4n) is 5.28. The fourth-order valence-corrected chi connectivity index (χ4v) is 6.04. The van der Waals surface area contributed by atoms with Gasteiger partial charge in [-0.15, -0.1) is 0 Å². The average Bonchev–Trinajstić information content (AvgIpc) is 2.88. The van der Waals surface area contributed by atoms with Crippen LogP contribution in [0.2, 0.25) is 0 Å². The summed E-state index contributed by atoms with van der Waals surface area (Å²) in [4.78, 5) is 12.3. The number of hydrogen-bond donors (Lipinski definition) is 3. The molecule has 0 bridgehead atoms. The van der Waals surface area contributed by atoms with Gasteiger partial charge < -0.3 is 10.4 Å². The first-order chi connectivity index (χ1) is 18.8. The van der Waals surface area contributed by atoms with E-state index in [0.717, 1.165) is 51.4 Å². The number of rotatable bonds is 30. The minimum atomic E-state index is -4.28. The Balaban J connectivity index is 3.71. The van der Waals surface area contributed by atoms with Crippen molar-refractivity contribution in [3.8, 4) is 0 Å². The minimum Gasteiger partial charge on any atom is -0.391 e. The summed E-state index contributed by atoms with van der Waals surface area (Å²) in [5.74, 6) is -0.894. The van der Waals surface area contributed by atoms with Gasteiger partial charge in [-0.2, -0.15) is 8.42 Å². The van der Waals surface area contributed by atoms with E-state index in [1.165, 1.54) is 103 Å². The topological polar surface area (TPSA) is 104 Å². The summed E-state index contributed by atoms with van der Waals surface area (Å²) in [5, 5.41) is 13.1. The first kappa shape index (κ1) is 38.3. The Bertz CT molecular complexity index is 640. The van der Waals surface area contributed by atoms with Crippen LogP contribution < -0.4 is 5.32 Å². The first-order valence-corrected chi connectivity index (χ1v) is 18.3. The van der Waals surface area contributed by atoms with Crippen LogP contribution in [-0.2, 0) is 14.9 Å². The molecule has 0 saturated carbocycles. The van der Waals surface area contributed by atoms with Crippen LogP contribution >= 0.6 is 0 Å². The quantitative estimate of drug-likeness (QED) is 0.0586. The van der Waals surface area contributed by atoms with Gasteiger partial charge in [0.2, 0.25) is 5.91 Å². The molecule has 3 N–H and O–H groups in total. The maximum Gasteiger partial charge on any atom is 0.266 e. The molecule has 0 radical (unpaired) electrons. The van der Waals surface area contributed by atoms with Crippen molar-refractivity contribution in [2.24, 2.45) is 0 Å². The van der Waals surface area contributed by atoms with Crippen molar-refractivity contribution in [1.82, 2.24) is 5.32 Å². The predicted octanol–water partition coefficient (Wildman–Crippen LogP) is 8.90. The monoisotopic (exact) mass is 575 g/mol. The zero-order valence-electron chi connectivity index (χ0n) is 25.8. The van der Waals surface area contributed by atoms with Crippen LogP contribution in [0.5, 0.6) is 0 Å². The second kappa shape index (κ2) is 27.5. The second-order valence-electron chi connectivity index (χ2n) is 11.8. The molecule has 0 aliphatic rings. The van der Waals surface area contributed by atoms with Crippen LogP contribution in [0.1, 0.15) is 181 Å². The highest BCUT2D eigenvalue weighted by Crippen LogP contribution is 2.15. The van der Waals surface area contributed by atoms with Crippen molar-refractivity contribution in [2.75, 3.05) is 5.75 Å². The van der Waals surface area contributed by atoms with E-state index in [2.05, 4.69) is 19.2 Å². The SMILES string of the molecule is CCCCCCCCCCCCCCCCCCCCCC(=O)NC(CS(=O)(=O)O)C(O)CCCCCCC. The Morgan fingerprint density at radius 1 is 0.590 bits per heavy atom. The molecule has 0 aromatic heterocycles. The van der Waals surface area contributed by atoms with Gasteiger partial charge in [0.1, 0.15) is 0 Å². The molecule has 0 aliphatic heterocycles. The van der Waals surface area contributed by atoms with Crippen LogP contribution in [0.3, 0.4) is 0 Å². The minimum absolute atomic E-state index is 0.249. The normalized spacial score (nSPS) is 13.4. The van der Waals surface area contributed by atoms with Gasteiger partial charge in [0, 0.05) is 6.42 Å². The molecule has 0 fully saturated rings. The highest BCUT2D eigenvalue weighted by molar-refractivity contribution is 7.85. The van der Waals surface area contributed by atoms with Crippen molar-refractivity contribution in [3.63, 3.8) is 0 Å². The molecular weight excluding hydrogens is 510 g/mol. The molecule has 1 amide bonds. The van der Waals surface area contributed by atoms with Gasteiger partial charge in [0.25, 0.3) is 10.1 Å². The van der Waals surface area contributed by atoms with E-state index < -0.39 is 28.0 Å². The average molecular weight is 576 g/mol. The zero-order chi connectivity index (χ0) is 29.0. The second-order valence-corrected chi connectivity index (χ2v) is 13.3. The molecule has 0 saturated heterocycles. The number of nitrogens with one attached hydrogen (secondary N) is 1. The van der Waals surface area contributed by atoms with Gasteiger partial charge in [-0.05, 0) is 12.8 Å². The molecule has 2 unspecified atom stereocenters. The molecule has 6 nitrogen and oxygen atoms in total. The van der Waals surface area contributed by atoms with Gasteiger partial charge in [-0.3, -0.25) is 9.35 Å². The van der Waals surface area contributed by atoms with Crippen molar-refractivity contribution < 1.29 is 22.9 Å². The fraction of sp³-hybridized carbons (Fsp3) is 0.969. The van der Waals surface area contributed by atoms with Crippen LogP contribution in [0.4, 0.5) is 0 Å². The van der Waals surface area contributed by atoms with E-state index in [0.29, 0.717) is 12.8 Å². The Labute approximate surface area is 242 Å². The maximum absolute atomic E-state index is 12.3. The molecule has 0 aromatic rings. The lowest BCUT2D eigenvalue weighted by molar-refractivity contribution is -0.122. The molecule has 0 heterocycles. The number of unbranched alkanes of at least 4 members (excludes halogenated alkanes) is 22. The van der Waals surface area contributed by atoms with E-state index in [-0.39, 0.29) is 5.91 Å². The summed E-state index contributed by atoms with van der Waals surface area (Å²) in [7, 11) is -4.28. The Morgan fingerprint density at radius 2 is 0.923 bits per heavy atom. The standard InChI is InChI=1S/C32H65NO5S/c1-3-5-7-9-10-11-12-13-14-15-16-17-18-19-20-21-22-24-26-28-32(35)33-30(29-39(36,37)38)31(34)27-25-23-8-6-4-2/h30-31,34H,3-29H2,1-2H3,(H,33,35)(H,36,37,38). The lowest BCUT2D eigenvalue weighted by Crippen LogP contribution is -2.47. The van der Waals surface area contributed by atoms with E-state index in [1.54, 1.807) is 0 Å². The van der Waals surface area contributed by atoms with E-state index >= 15 is 0 Å². The van der Waals surface area contributed by atoms with Gasteiger partial charge in [-0.25, -0.2) is 0 Å². The number of hydrogen-bond acceptors (Lipinski definition) is 4. The van der Waals surface area contributed by atoms with Crippen molar-refractivity contribution >= 4 is 16.0 Å². The third-order valence-electron chi connectivity index (χ3n) is 7.81. The van der Waals surface area contributed by atoms with Crippen LogP contribution in [0.25, 0.3) is 0 Å². The lowest BCUT2D eigenvalue weighted by Gasteiger charge is -2.23. The molecule has 0 spiro atoms. The Morgan fingerprint density at radius 3 is 1.28 bits per heavy atom. The Kier molecular flexibility index (Phi) is 27.0. The molecule has 2 atom stereocenters. The van der Waals surface area contributed by atoms with Gasteiger partial charge in [-0.1, -0.05) is 162 Å². The highest BCUT2D eigenvalue weighted by Gasteiger charge is 2.26. The third-order valence-corrected chi connectivity index (χ3v) is 8.59. The number of carbonyl (C=O) groups is 1. The van der Waals surface area contributed by atoms with Crippen molar-refractivity contribution in [1.29, 1.82) is 0 Å². The predicted molar refractivity (Wildman–Crippen MR) is 166 cm³/mol. The van der Waals surface area contributed by atoms with E-state index in [4.69, 9.17) is 0 Å². The third kappa shape index (κ3) is 28.7. The molecule has 0 aromatic carbocycles. The number of aliphatic hydroxyl groups excluding tert-OH is 1. The lowest BCUT2D eigenvalue weighted by atomic mass is 10.0. The molecule has 234 valence electrons. The van der Waals surface area contributed by atoms with Crippen molar-refractivity contribution in [2.45, 2.75) is 193 Å². The van der Waals surface area contributed by atoms with Crippen molar-refractivity contribution in [3.05, 3.63) is 0 Å². The zero-order valence-corrected chi connectivity index (χ0v) is 26.6. The molecule has 0 rings (SSSR count). The summed E-state index contributed by atoms with van der Waals surface area (Å²) in [5.41, 5.74) is 0. The highest BCUT2D eigenvalue weighted by atomic mass is 32.2. The first-order valence-electron chi connectivity index (χ1n) is 16.7. The van der Waals surface area contributed by atoms with Gasteiger partial charge in [0.05, 0.1) is 17.9 Å². The van der Waals surface area contributed by atoms with Crippen LogP contribution in [0.15, 0.2) is 0 Å². The smallest absolute Gasteiger partial charge is 0.266 e. The van der Waals surface area contributed by atoms with Crippen LogP contribution in [-0.4, -0.2) is 41.9 Å².